The minimum absolute atomic E-state index is 0.164. The van der Waals surface area contributed by atoms with Gasteiger partial charge in [-0.05, 0) is 30.3 Å². The molecular weight excluding hydrogens is 364 g/mol. The average Bonchev–Trinajstić information content (AvgIpc) is 2.74. The van der Waals surface area contributed by atoms with E-state index in [1.807, 2.05) is 0 Å². The van der Waals surface area contributed by atoms with Crippen molar-refractivity contribution in [2.24, 2.45) is 0 Å². The highest BCUT2D eigenvalue weighted by molar-refractivity contribution is 5.96. The average molecular weight is 380 g/mol. The number of aromatic nitrogens is 2. The Labute approximate surface area is 158 Å². The fourth-order valence-corrected chi connectivity index (χ4v) is 2.85. The highest BCUT2D eigenvalue weighted by Gasteiger charge is 2.15. The van der Waals surface area contributed by atoms with E-state index in [9.17, 15) is 14.4 Å². The molecule has 4 rings (SSSR count). The third kappa shape index (κ3) is 3.50. The van der Waals surface area contributed by atoms with Gasteiger partial charge in [0, 0.05) is 10.9 Å². The summed E-state index contributed by atoms with van der Waals surface area (Å²) < 4.78 is 12.2. The monoisotopic (exact) mass is 380 g/mol. The molecular formula is C19H16N4O5. The summed E-state index contributed by atoms with van der Waals surface area (Å²) in [6.07, 6.45) is 1.16. The van der Waals surface area contributed by atoms with Crippen molar-refractivity contribution in [1.82, 2.24) is 20.6 Å². The molecule has 0 aliphatic carbocycles. The molecule has 0 bridgehead atoms. The van der Waals surface area contributed by atoms with Crippen LogP contribution in [0.25, 0.3) is 10.9 Å². The number of nitrogens with one attached hydrogen (secondary N) is 2. The van der Waals surface area contributed by atoms with Crippen molar-refractivity contribution in [3.05, 3.63) is 64.4 Å². The quantitative estimate of drug-likeness (QED) is 0.645. The second kappa shape index (κ2) is 7.39. The molecule has 0 radical (unpaired) electrons. The fourth-order valence-electron chi connectivity index (χ4n) is 2.85. The summed E-state index contributed by atoms with van der Waals surface area (Å²) in [5.41, 5.74) is 5.31. The third-order valence-electron chi connectivity index (χ3n) is 4.18. The minimum Gasteiger partial charge on any atom is -0.486 e. The highest BCUT2D eigenvalue weighted by atomic mass is 16.6. The molecule has 9 heteroatoms. The molecule has 142 valence electrons. The van der Waals surface area contributed by atoms with Crippen LogP contribution in [0.4, 0.5) is 0 Å². The van der Waals surface area contributed by atoms with Gasteiger partial charge in [0.05, 0.1) is 11.7 Å². The van der Waals surface area contributed by atoms with Crippen molar-refractivity contribution in [2.75, 3.05) is 13.2 Å². The van der Waals surface area contributed by atoms with Gasteiger partial charge in [0.15, 0.2) is 11.5 Å². The van der Waals surface area contributed by atoms with Crippen LogP contribution in [0.2, 0.25) is 0 Å². The van der Waals surface area contributed by atoms with E-state index in [1.165, 1.54) is 4.68 Å². The number of carbonyl (C=O) groups is 2. The summed E-state index contributed by atoms with van der Waals surface area (Å²) in [5, 5.41) is 4.44. The Balaban J connectivity index is 1.42. The summed E-state index contributed by atoms with van der Waals surface area (Å²) >= 11 is 0. The molecule has 9 nitrogen and oxygen atoms in total. The lowest BCUT2D eigenvalue weighted by molar-refractivity contribution is -0.122. The van der Waals surface area contributed by atoms with Gasteiger partial charge in [-0.25, -0.2) is 0 Å². The first-order chi connectivity index (χ1) is 13.6. The van der Waals surface area contributed by atoms with E-state index in [-0.39, 0.29) is 12.0 Å². The lowest BCUT2D eigenvalue weighted by Crippen LogP contribution is -2.43. The van der Waals surface area contributed by atoms with E-state index >= 15 is 0 Å². The number of ether oxygens (including phenoxy) is 2. The lowest BCUT2D eigenvalue weighted by Gasteiger charge is -2.18. The van der Waals surface area contributed by atoms with Gasteiger partial charge in [0.1, 0.15) is 19.8 Å². The van der Waals surface area contributed by atoms with Crippen LogP contribution in [0, 0.1) is 0 Å². The van der Waals surface area contributed by atoms with Gasteiger partial charge in [-0.15, -0.1) is 0 Å². The number of nitrogens with zero attached hydrogens (tertiary/aromatic N) is 2. The molecule has 0 saturated heterocycles. The van der Waals surface area contributed by atoms with Gasteiger partial charge in [0.25, 0.3) is 11.8 Å². The Kier molecular flexibility index (Phi) is 4.63. The van der Waals surface area contributed by atoms with Crippen molar-refractivity contribution in [3.63, 3.8) is 0 Å². The Morgan fingerprint density at radius 2 is 1.82 bits per heavy atom. The van der Waals surface area contributed by atoms with Gasteiger partial charge in [0.2, 0.25) is 5.43 Å². The van der Waals surface area contributed by atoms with Crippen LogP contribution in [0.3, 0.4) is 0 Å². The number of amides is 2. The van der Waals surface area contributed by atoms with Crippen molar-refractivity contribution >= 4 is 22.7 Å². The molecule has 0 atom stereocenters. The molecule has 1 aromatic heterocycles. The Morgan fingerprint density at radius 3 is 2.68 bits per heavy atom. The topological polar surface area (TPSA) is 112 Å². The van der Waals surface area contributed by atoms with E-state index in [0.717, 1.165) is 6.20 Å². The summed E-state index contributed by atoms with van der Waals surface area (Å²) in [7, 11) is 0. The number of rotatable bonds is 3. The van der Waals surface area contributed by atoms with E-state index in [2.05, 4.69) is 16.0 Å². The first kappa shape index (κ1) is 17.5. The van der Waals surface area contributed by atoms with Gasteiger partial charge < -0.3 is 9.47 Å². The molecule has 1 aliphatic heterocycles. The maximum Gasteiger partial charge on any atom is 0.269 e. The molecule has 2 amide bonds. The Hall–Kier alpha value is -3.88. The van der Waals surface area contributed by atoms with Gasteiger partial charge >= 0.3 is 0 Å². The van der Waals surface area contributed by atoms with Gasteiger partial charge in [-0.3, -0.25) is 29.9 Å². The van der Waals surface area contributed by atoms with Crippen molar-refractivity contribution in [3.8, 4) is 11.5 Å². The number of carbonyl (C=O) groups excluding carboxylic acids is 2. The predicted octanol–water partition coefficient (Wildman–Crippen LogP) is 0.629. The summed E-state index contributed by atoms with van der Waals surface area (Å²) in [4.78, 5) is 36.3. The maximum atomic E-state index is 12.3. The first-order valence-corrected chi connectivity index (χ1v) is 8.55. The van der Waals surface area contributed by atoms with Gasteiger partial charge in [-0.1, -0.05) is 12.1 Å². The number of benzene rings is 2. The lowest BCUT2D eigenvalue weighted by atomic mass is 10.2. The standard InChI is InChI=1S/C19H16N4O5/c24-15-10-20-23(14-4-2-1-3-13(14)15)11-18(25)21-22-19(26)12-5-6-16-17(9-12)28-8-7-27-16/h1-6,9-10H,7-8,11H2,(H,21,25)(H,22,26). The van der Waals surface area contributed by atoms with Crippen LogP contribution in [0.1, 0.15) is 10.4 Å². The summed E-state index contributed by atoms with van der Waals surface area (Å²) in [6, 6.07) is 11.6. The van der Waals surface area contributed by atoms with Crippen LogP contribution in [-0.2, 0) is 11.3 Å². The van der Waals surface area contributed by atoms with Crippen LogP contribution < -0.4 is 25.8 Å². The normalized spacial score (nSPS) is 12.4. The molecule has 28 heavy (non-hydrogen) atoms. The number of para-hydroxylation sites is 1. The molecule has 2 N–H and O–H groups in total. The maximum absolute atomic E-state index is 12.3. The number of fused-ring (bicyclic) bond motifs is 2. The van der Waals surface area contributed by atoms with Crippen molar-refractivity contribution in [2.45, 2.75) is 6.54 Å². The number of hydrazine groups is 1. The first-order valence-electron chi connectivity index (χ1n) is 8.55. The zero-order chi connectivity index (χ0) is 19.5. The molecule has 1 aliphatic rings. The fraction of sp³-hybridized carbons (Fsp3) is 0.158. The number of hydrogen-bond acceptors (Lipinski definition) is 6. The molecule has 2 heterocycles. The molecule has 0 fully saturated rings. The molecule has 0 unspecified atom stereocenters. The smallest absolute Gasteiger partial charge is 0.269 e. The third-order valence-corrected chi connectivity index (χ3v) is 4.18. The number of hydrogen-bond donors (Lipinski definition) is 2. The van der Waals surface area contributed by atoms with Crippen LogP contribution >= 0.6 is 0 Å². The molecule has 2 aromatic carbocycles. The van der Waals surface area contributed by atoms with Crippen LogP contribution in [-0.4, -0.2) is 34.8 Å². The molecule has 3 aromatic rings. The second-order valence-electron chi connectivity index (χ2n) is 6.04. The van der Waals surface area contributed by atoms with Crippen molar-refractivity contribution < 1.29 is 19.1 Å². The molecule has 0 spiro atoms. The van der Waals surface area contributed by atoms with Crippen molar-refractivity contribution in [1.29, 1.82) is 0 Å². The Morgan fingerprint density at radius 1 is 1.04 bits per heavy atom. The Bertz CT molecular complexity index is 1120. The largest absolute Gasteiger partial charge is 0.486 e. The predicted molar refractivity (Wildman–Crippen MR) is 99.0 cm³/mol. The summed E-state index contributed by atoms with van der Waals surface area (Å²) in [6.45, 7) is 0.708. The summed E-state index contributed by atoms with van der Waals surface area (Å²) in [5.74, 6) is 0.0624. The zero-order valence-corrected chi connectivity index (χ0v) is 14.7. The van der Waals surface area contributed by atoms with Gasteiger partial charge in [-0.2, -0.15) is 5.10 Å². The zero-order valence-electron chi connectivity index (χ0n) is 14.7. The van der Waals surface area contributed by atoms with E-state index in [0.29, 0.717) is 41.2 Å². The SMILES string of the molecule is O=C(Cn1ncc(=O)c2ccccc21)NNC(=O)c1ccc2c(c1)OCCO2. The minimum atomic E-state index is -0.497. The van der Waals surface area contributed by atoms with Crippen LogP contribution in [0.5, 0.6) is 11.5 Å². The van der Waals surface area contributed by atoms with Crippen LogP contribution in [0.15, 0.2) is 53.5 Å². The van der Waals surface area contributed by atoms with E-state index < -0.39 is 11.8 Å². The highest BCUT2D eigenvalue weighted by Crippen LogP contribution is 2.30. The van der Waals surface area contributed by atoms with E-state index in [4.69, 9.17) is 9.47 Å². The second-order valence-corrected chi connectivity index (χ2v) is 6.04. The van der Waals surface area contributed by atoms with E-state index in [1.54, 1.807) is 42.5 Å². The molecule has 0 saturated carbocycles.